The number of carbonyl (C=O) groups is 9. The van der Waals surface area contributed by atoms with Crippen molar-refractivity contribution in [2.75, 3.05) is 38.6 Å². The number of aliphatic hydroxyl groups excluding tert-OH is 6. The molecule has 41 nitrogen and oxygen atoms in total. The number of aliphatic hydroxyl groups is 6. The van der Waals surface area contributed by atoms with Gasteiger partial charge in [-0.15, -0.1) is 0 Å². The fourth-order valence-corrected chi connectivity index (χ4v) is 16.1. The Morgan fingerprint density at radius 2 is 1.41 bits per heavy atom. The lowest BCUT2D eigenvalue weighted by Crippen LogP contribution is -2.65. The molecule has 18 unspecified atom stereocenters. The molecule has 18 atom stereocenters. The van der Waals surface area contributed by atoms with Gasteiger partial charge in [-0.3, -0.25) is 63.6 Å². The standard InChI is InChI=1S/C83H92Cl3FN16O25/c1-33(2)20-47(89-5)73(115)99-64-66(110)37-8-12-51(44(85)24-37)124-53-26-39-27-54(70(53)128-80-71(69(113)68(112)55(32-104)126-80)127-59-31-83(4,72(114)34(3)123-59)92-17-19-103-18-14-57(95-82(103)122)94-58(109)22-35-6-10-43(84)46(87)21-35)125-52-13-9-38(25-45(52)86)67(111)65-78(120)98-63(79(121)101-102-81-90-15-16-91-81)42-28-40(105)29-50(107)60(42)41-23-36(7-11-49(41)106)61(75(117)100-65)97-76(118)62(39)96-74(116)48(30-56(88)108)93-77(64)119/h6-14,18,21,23-29,33-34,47-48,55,59,61-69,71-72,80,89,92,104-107,110-114H,15-17,19-20,22,30-32H2,1-5H3,(H2,88,108)(H,93,119)(H,96,116)(H,97,118)(H,98,120)(H,99,115)(H,100,117)(H,101,121)(H2,90,91,102)(H,94,95,109,122). The number of nitrogens with one attached hydrogen (secondary N) is 12. The number of fused-ring (bicyclic) bond motifs is 15. The Labute approximate surface area is 741 Å². The van der Waals surface area contributed by atoms with Crippen molar-refractivity contribution < 1.29 is 122 Å². The van der Waals surface area contributed by atoms with Crippen molar-refractivity contribution >= 4 is 99.7 Å². The number of carbonyl (C=O) groups excluding carboxylic acids is 9. The van der Waals surface area contributed by atoms with Crippen LogP contribution in [0.2, 0.25) is 15.1 Å². The van der Waals surface area contributed by atoms with E-state index in [4.69, 9.17) is 69.0 Å². The SMILES string of the molecule is CNC(CC(C)C)C(=O)NC1C(=O)NC(CC(N)=O)C(=O)NC2C(=O)NC3C(=O)NC(C(=O)NC(C(=O)NNC4=NCCN4)c4cc(O)cc(O)c4-c4cc3ccc4O)C(O)c3ccc(c(Cl)c3)Oc3cc2cc(c3OC2OC(CO)C(O)C(O)C2OC2CC(C)(NCCn3ccc(NC(=O)Cc4ccc(Cl)c(F)c4)nc3=O)C(O)C(C)O2)Oc2ccc(cc2Cl)C1O. The van der Waals surface area contributed by atoms with Gasteiger partial charge in [-0.05, 0) is 139 Å². The van der Waals surface area contributed by atoms with E-state index in [1.165, 1.54) is 55.1 Å². The average molecular weight is 1840 g/mol. The second kappa shape index (κ2) is 39.6. The lowest BCUT2D eigenvalue weighted by molar-refractivity contribution is -0.334. The van der Waals surface area contributed by atoms with Crippen LogP contribution >= 0.6 is 34.8 Å². The van der Waals surface area contributed by atoms with E-state index < -0.39 is 259 Å². The van der Waals surface area contributed by atoms with Crippen LogP contribution in [0.25, 0.3) is 11.1 Å². The van der Waals surface area contributed by atoms with Crippen LogP contribution in [0.15, 0.2) is 119 Å². The van der Waals surface area contributed by atoms with Gasteiger partial charge in [0, 0.05) is 55.0 Å². The summed E-state index contributed by atoms with van der Waals surface area (Å²) >= 11 is 20.2. The number of halogens is 4. The number of phenols is 3. The maximum Gasteiger partial charge on any atom is 0.349 e. The van der Waals surface area contributed by atoms with E-state index in [0.717, 1.165) is 72.8 Å². The zero-order chi connectivity index (χ0) is 92.2. The molecule has 0 radical (unpaired) electrons. The van der Waals surface area contributed by atoms with E-state index in [-0.39, 0.29) is 84.1 Å². The van der Waals surface area contributed by atoms with Gasteiger partial charge in [0.2, 0.25) is 65.3 Å². The Balaban J connectivity index is 0.941. The summed E-state index contributed by atoms with van der Waals surface area (Å²) < 4.78 is 54.8. The van der Waals surface area contributed by atoms with Crippen LogP contribution in [0.4, 0.5) is 10.2 Å². The molecule has 0 saturated carbocycles. The Kier molecular flexibility index (Phi) is 28.9. The second-order valence-electron chi connectivity index (χ2n) is 31.7. The number of anilines is 1. The molecule has 0 aliphatic carbocycles. The first-order chi connectivity index (χ1) is 60.8. The predicted molar refractivity (Wildman–Crippen MR) is 449 cm³/mol. The highest BCUT2D eigenvalue weighted by Crippen LogP contribution is 2.50. The Hall–Kier alpha value is -12.1. The van der Waals surface area contributed by atoms with Crippen molar-refractivity contribution in [2.24, 2.45) is 16.6 Å². The number of hydrazine groups is 1. The number of hydrogen-bond donors (Lipinski definition) is 22. The fourth-order valence-electron chi connectivity index (χ4n) is 15.5. The average Bonchev–Trinajstić information content (AvgIpc) is 0.891. The molecule has 682 valence electrons. The maximum atomic E-state index is 16.4. The lowest BCUT2D eigenvalue weighted by Gasteiger charge is -2.48. The molecule has 6 aromatic carbocycles. The number of nitrogens with two attached hydrogens (primary N) is 1. The normalized spacial score (nSPS) is 26.1. The summed E-state index contributed by atoms with van der Waals surface area (Å²) in [5.74, 6) is -16.9. The van der Waals surface area contributed by atoms with Gasteiger partial charge in [0.05, 0.1) is 59.3 Å². The van der Waals surface area contributed by atoms with Crippen molar-refractivity contribution in [3.05, 3.63) is 174 Å². The van der Waals surface area contributed by atoms with Crippen molar-refractivity contribution in [3.8, 4) is 57.1 Å². The van der Waals surface area contributed by atoms with Gasteiger partial charge < -0.3 is 133 Å². The number of rotatable bonds is 20. The van der Waals surface area contributed by atoms with Crippen LogP contribution in [-0.4, -0.2) is 227 Å². The molecule has 9 amide bonds. The summed E-state index contributed by atoms with van der Waals surface area (Å²) in [4.78, 5) is 155. The van der Waals surface area contributed by atoms with E-state index in [1.807, 2.05) is 13.8 Å². The van der Waals surface area contributed by atoms with Crippen LogP contribution in [0, 0.1) is 11.7 Å². The molecule has 11 bridgehead atoms. The first-order valence-corrected chi connectivity index (χ1v) is 41.3. The van der Waals surface area contributed by atoms with Crippen LogP contribution in [0.5, 0.6) is 46.0 Å². The Morgan fingerprint density at radius 3 is 2.05 bits per heavy atom. The van der Waals surface area contributed by atoms with Gasteiger partial charge in [0.25, 0.3) is 5.91 Å². The highest BCUT2D eigenvalue weighted by Gasteiger charge is 2.52. The summed E-state index contributed by atoms with van der Waals surface area (Å²) in [7, 11) is 1.46. The number of guanidine groups is 1. The number of likely N-dealkylation sites (N-methyl/N-ethyl adjacent to an activating group) is 1. The molecule has 9 heterocycles. The fraction of sp³-hybridized carbons (Fsp3) is 0.398. The molecule has 2 fully saturated rings. The van der Waals surface area contributed by atoms with Crippen LogP contribution in [0.3, 0.4) is 0 Å². The predicted octanol–water partition coefficient (Wildman–Crippen LogP) is 0.463. The number of primary amides is 1. The quantitative estimate of drug-likeness (QED) is 0.0461. The minimum atomic E-state index is -2.40. The first-order valence-electron chi connectivity index (χ1n) is 40.2. The number of aromatic nitrogens is 2. The van der Waals surface area contributed by atoms with E-state index in [9.17, 15) is 74.3 Å². The number of benzene rings is 6. The number of nitrogens with zero attached hydrogens (tertiary/aromatic N) is 3. The molecular weight excluding hydrogens is 1750 g/mol. The second-order valence-corrected chi connectivity index (χ2v) is 33.0. The zero-order valence-corrected chi connectivity index (χ0v) is 70.9. The molecule has 8 aliphatic rings. The summed E-state index contributed by atoms with van der Waals surface area (Å²) in [6, 6.07) is 4.70. The smallest absolute Gasteiger partial charge is 0.349 e. The molecule has 1 aromatic heterocycles. The van der Waals surface area contributed by atoms with Gasteiger partial charge in [-0.1, -0.05) is 72.9 Å². The van der Waals surface area contributed by atoms with E-state index >= 15 is 24.0 Å². The lowest BCUT2D eigenvalue weighted by atomic mass is 9.85. The molecule has 45 heteroatoms. The van der Waals surface area contributed by atoms with Crippen LogP contribution in [0.1, 0.15) is 111 Å². The van der Waals surface area contributed by atoms with Gasteiger partial charge >= 0.3 is 5.69 Å². The van der Waals surface area contributed by atoms with Gasteiger partial charge in [-0.25, -0.2) is 9.18 Å². The van der Waals surface area contributed by atoms with Gasteiger partial charge in [0.15, 0.2) is 23.9 Å². The third kappa shape index (κ3) is 21.0. The largest absolute Gasteiger partial charge is 0.508 e. The number of aromatic hydroxyl groups is 3. The third-order valence-electron chi connectivity index (χ3n) is 22.1. The zero-order valence-electron chi connectivity index (χ0n) is 68.6. The van der Waals surface area contributed by atoms with Crippen LogP contribution in [-0.2, 0) is 70.3 Å². The molecule has 2 saturated heterocycles. The topological polar surface area (TPSA) is 609 Å². The Morgan fingerprint density at radius 1 is 0.734 bits per heavy atom. The Bertz CT molecular complexity index is 5570. The summed E-state index contributed by atoms with van der Waals surface area (Å²) in [6.45, 7) is 6.13. The van der Waals surface area contributed by atoms with E-state index in [1.54, 1.807) is 6.92 Å². The van der Waals surface area contributed by atoms with Gasteiger partial charge in [0.1, 0.15) is 107 Å². The number of amides is 9. The molecule has 0 spiro atoms. The summed E-state index contributed by atoms with van der Waals surface area (Å²) in [5, 5.41) is 132. The third-order valence-corrected chi connectivity index (χ3v) is 23.0. The molecule has 15 rings (SSSR count). The first kappa shape index (κ1) is 93.5. The minimum Gasteiger partial charge on any atom is -0.508 e. The molecular formula is C83H92Cl3FN16O25. The van der Waals surface area contributed by atoms with E-state index in [2.05, 4.69) is 74.0 Å². The maximum absolute atomic E-state index is 16.4. The monoisotopic (exact) mass is 1840 g/mol. The number of ether oxygens (including phenoxy) is 6. The van der Waals surface area contributed by atoms with Crippen molar-refractivity contribution in [1.29, 1.82) is 0 Å². The number of aliphatic imine (C=N–C) groups is 1. The van der Waals surface area contributed by atoms with Crippen molar-refractivity contribution in [1.82, 2.24) is 68.3 Å². The summed E-state index contributed by atoms with van der Waals surface area (Å²) in [6.07, 6.45) is -18.6. The van der Waals surface area contributed by atoms with E-state index in [0.29, 0.717) is 12.1 Å². The van der Waals surface area contributed by atoms with Crippen molar-refractivity contribution in [2.45, 2.75) is 169 Å². The molecule has 8 aliphatic heterocycles. The summed E-state index contributed by atoms with van der Waals surface area (Å²) in [5.41, 5.74) is 6.16. The highest BCUT2D eigenvalue weighted by atomic mass is 35.5. The molecule has 7 aromatic rings. The highest BCUT2D eigenvalue weighted by molar-refractivity contribution is 6.32. The molecule has 128 heavy (non-hydrogen) atoms. The van der Waals surface area contributed by atoms with Crippen LogP contribution < -0.4 is 89.7 Å². The number of phenolic OH excluding ortho intramolecular Hbond substituents is 3. The van der Waals surface area contributed by atoms with Gasteiger partial charge in [-0.2, -0.15) is 4.98 Å². The minimum absolute atomic E-state index is 0.0641. The number of hydrogen-bond acceptors (Lipinski definition) is 31. The molecule has 23 N–H and O–H groups in total. The van der Waals surface area contributed by atoms with Crippen molar-refractivity contribution in [3.63, 3.8) is 0 Å².